The Morgan fingerprint density at radius 3 is 3.00 bits per heavy atom. The Hall–Kier alpha value is -0.120. The van der Waals surface area contributed by atoms with Crippen LogP contribution in [-0.2, 0) is 0 Å². The van der Waals surface area contributed by atoms with Crippen LogP contribution in [0.25, 0.3) is 0 Å². The molecule has 0 aliphatic carbocycles. The summed E-state index contributed by atoms with van der Waals surface area (Å²) in [5.74, 6) is 0.635. The molecule has 1 fully saturated rings. The number of hydrogen-bond donors (Lipinski definition) is 2. The molecule has 0 bridgehead atoms. The van der Waals surface area contributed by atoms with E-state index in [0.717, 1.165) is 19.6 Å². The molecular formula is C9H21N3. The maximum absolute atomic E-state index is 5.58. The molecule has 0 aromatic heterocycles. The van der Waals surface area contributed by atoms with Crippen molar-refractivity contribution in [2.75, 3.05) is 32.7 Å². The molecule has 0 aromatic rings. The summed E-state index contributed by atoms with van der Waals surface area (Å²) in [5, 5.41) is 3.43. The molecule has 2 atom stereocenters. The lowest BCUT2D eigenvalue weighted by molar-refractivity contribution is 0.185. The Bertz CT molecular complexity index is 127. The quantitative estimate of drug-likeness (QED) is 0.622. The molecular weight excluding hydrogens is 150 g/mol. The van der Waals surface area contributed by atoms with Gasteiger partial charge >= 0.3 is 0 Å². The molecule has 2 unspecified atom stereocenters. The van der Waals surface area contributed by atoms with E-state index in [1.54, 1.807) is 0 Å². The monoisotopic (exact) mass is 171 g/mol. The summed E-state index contributed by atoms with van der Waals surface area (Å²) < 4.78 is 0. The normalized spacial score (nSPS) is 28.8. The first-order chi connectivity index (χ1) is 5.72. The lowest BCUT2D eigenvalue weighted by Crippen LogP contribution is -2.50. The van der Waals surface area contributed by atoms with Crippen LogP contribution in [0.15, 0.2) is 0 Å². The van der Waals surface area contributed by atoms with Gasteiger partial charge in [0.2, 0.25) is 0 Å². The van der Waals surface area contributed by atoms with E-state index in [0.29, 0.717) is 12.0 Å². The van der Waals surface area contributed by atoms with Gasteiger partial charge in [0.05, 0.1) is 0 Å². The summed E-state index contributed by atoms with van der Waals surface area (Å²) in [4.78, 5) is 2.50. The summed E-state index contributed by atoms with van der Waals surface area (Å²) >= 11 is 0. The van der Waals surface area contributed by atoms with Gasteiger partial charge in [0, 0.05) is 32.2 Å². The average molecular weight is 171 g/mol. The zero-order chi connectivity index (χ0) is 8.97. The van der Waals surface area contributed by atoms with Crippen molar-refractivity contribution in [1.29, 1.82) is 0 Å². The minimum Gasteiger partial charge on any atom is -0.330 e. The van der Waals surface area contributed by atoms with Crippen LogP contribution in [0.5, 0.6) is 0 Å². The summed E-state index contributed by atoms with van der Waals surface area (Å²) in [6.45, 7) is 9.88. The van der Waals surface area contributed by atoms with Crippen molar-refractivity contribution >= 4 is 0 Å². The van der Waals surface area contributed by atoms with Gasteiger partial charge in [-0.3, -0.25) is 0 Å². The Morgan fingerprint density at radius 2 is 2.42 bits per heavy atom. The standard InChI is InChI=1S/C9H21N3/c1-8(5-10)6-12-4-3-11-9(2)7-12/h8-9,11H,3-7,10H2,1-2H3. The van der Waals surface area contributed by atoms with Crippen LogP contribution in [0, 0.1) is 5.92 Å². The third kappa shape index (κ3) is 3.09. The van der Waals surface area contributed by atoms with E-state index in [-0.39, 0.29) is 0 Å². The van der Waals surface area contributed by atoms with Crippen LogP contribution in [0.2, 0.25) is 0 Å². The summed E-state index contributed by atoms with van der Waals surface area (Å²) in [5.41, 5.74) is 5.58. The maximum Gasteiger partial charge on any atom is 0.0167 e. The van der Waals surface area contributed by atoms with E-state index in [1.165, 1.54) is 13.1 Å². The zero-order valence-corrected chi connectivity index (χ0v) is 8.21. The van der Waals surface area contributed by atoms with Gasteiger partial charge in [-0.25, -0.2) is 0 Å². The van der Waals surface area contributed by atoms with Crippen molar-refractivity contribution in [1.82, 2.24) is 10.2 Å². The van der Waals surface area contributed by atoms with Crippen molar-refractivity contribution in [2.45, 2.75) is 19.9 Å². The highest BCUT2D eigenvalue weighted by molar-refractivity contribution is 4.76. The molecule has 0 saturated carbocycles. The molecule has 3 heteroatoms. The summed E-state index contributed by atoms with van der Waals surface area (Å²) in [6.07, 6.45) is 0. The van der Waals surface area contributed by atoms with Gasteiger partial charge in [0.25, 0.3) is 0 Å². The van der Waals surface area contributed by atoms with Crippen molar-refractivity contribution in [2.24, 2.45) is 11.7 Å². The predicted octanol–water partition coefficient (Wildman–Crippen LogP) is -0.125. The minimum absolute atomic E-state index is 0.635. The lowest BCUT2D eigenvalue weighted by atomic mass is 10.1. The van der Waals surface area contributed by atoms with Crippen LogP contribution in [-0.4, -0.2) is 43.7 Å². The molecule has 12 heavy (non-hydrogen) atoms. The molecule has 0 amide bonds. The Balaban J connectivity index is 2.22. The first kappa shape index (κ1) is 9.96. The van der Waals surface area contributed by atoms with Crippen LogP contribution in [0.3, 0.4) is 0 Å². The second-order valence-corrected chi connectivity index (χ2v) is 3.96. The van der Waals surface area contributed by atoms with Gasteiger partial charge in [-0.05, 0) is 19.4 Å². The second-order valence-electron chi connectivity index (χ2n) is 3.96. The van der Waals surface area contributed by atoms with Gasteiger partial charge in [0.15, 0.2) is 0 Å². The van der Waals surface area contributed by atoms with Gasteiger partial charge in [0.1, 0.15) is 0 Å². The number of nitrogens with two attached hydrogens (primary N) is 1. The van der Waals surface area contributed by atoms with Crippen LogP contribution in [0.1, 0.15) is 13.8 Å². The van der Waals surface area contributed by atoms with Crippen LogP contribution >= 0.6 is 0 Å². The van der Waals surface area contributed by atoms with Crippen LogP contribution < -0.4 is 11.1 Å². The molecule has 0 aromatic carbocycles. The van der Waals surface area contributed by atoms with Crippen molar-refractivity contribution in [3.63, 3.8) is 0 Å². The van der Waals surface area contributed by atoms with Crippen LogP contribution in [0.4, 0.5) is 0 Å². The molecule has 1 rings (SSSR count). The highest BCUT2D eigenvalue weighted by Gasteiger charge is 2.16. The fraction of sp³-hybridized carbons (Fsp3) is 1.00. The van der Waals surface area contributed by atoms with E-state index in [1.807, 2.05) is 0 Å². The van der Waals surface area contributed by atoms with Crippen molar-refractivity contribution < 1.29 is 0 Å². The molecule has 3 N–H and O–H groups in total. The number of nitrogens with zero attached hydrogens (tertiary/aromatic N) is 1. The van der Waals surface area contributed by atoms with Crippen molar-refractivity contribution in [3.8, 4) is 0 Å². The number of rotatable bonds is 3. The fourth-order valence-electron chi connectivity index (χ4n) is 1.69. The van der Waals surface area contributed by atoms with E-state index >= 15 is 0 Å². The molecule has 1 aliphatic rings. The fourth-order valence-corrected chi connectivity index (χ4v) is 1.69. The molecule has 0 spiro atoms. The summed E-state index contributed by atoms with van der Waals surface area (Å²) in [7, 11) is 0. The Kier molecular flexibility index (Phi) is 3.98. The van der Waals surface area contributed by atoms with Gasteiger partial charge in [-0.15, -0.1) is 0 Å². The van der Waals surface area contributed by atoms with E-state index in [2.05, 4.69) is 24.1 Å². The highest BCUT2D eigenvalue weighted by Crippen LogP contribution is 2.02. The van der Waals surface area contributed by atoms with Gasteiger partial charge in [-0.2, -0.15) is 0 Å². The number of hydrogen-bond acceptors (Lipinski definition) is 3. The number of nitrogens with one attached hydrogen (secondary N) is 1. The molecule has 1 aliphatic heterocycles. The third-order valence-electron chi connectivity index (χ3n) is 2.43. The molecule has 0 radical (unpaired) electrons. The minimum atomic E-state index is 0.635. The first-order valence-electron chi connectivity index (χ1n) is 4.88. The topological polar surface area (TPSA) is 41.3 Å². The third-order valence-corrected chi connectivity index (χ3v) is 2.43. The molecule has 3 nitrogen and oxygen atoms in total. The molecule has 1 saturated heterocycles. The van der Waals surface area contributed by atoms with E-state index in [4.69, 9.17) is 5.73 Å². The predicted molar refractivity (Wildman–Crippen MR) is 52.1 cm³/mol. The lowest BCUT2D eigenvalue weighted by Gasteiger charge is -2.33. The van der Waals surface area contributed by atoms with Gasteiger partial charge in [-0.1, -0.05) is 6.92 Å². The Morgan fingerprint density at radius 1 is 1.67 bits per heavy atom. The van der Waals surface area contributed by atoms with Gasteiger partial charge < -0.3 is 16.0 Å². The summed E-state index contributed by atoms with van der Waals surface area (Å²) in [6, 6.07) is 0.642. The first-order valence-corrected chi connectivity index (χ1v) is 4.88. The van der Waals surface area contributed by atoms with E-state index < -0.39 is 0 Å². The SMILES string of the molecule is CC(CN)CN1CCNC(C)C1. The van der Waals surface area contributed by atoms with Crippen molar-refractivity contribution in [3.05, 3.63) is 0 Å². The zero-order valence-electron chi connectivity index (χ0n) is 8.21. The highest BCUT2D eigenvalue weighted by atomic mass is 15.2. The average Bonchev–Trinajstić information content (AvgIpc) is 2.04. The Labute approximate surface area is 75.3 Å². The molecule has 72 valence electrons. The second kappa shape index (κ2) is 4.80. The molecule has 1 heterocycles. The largest absolute Gasteiger partial charge is 0.330 e. The smallest absolute Gasteiger partial charge is 0.0167 e. The van der Waals surface area contributed by atoms with E-state index in [9.17, 15) is 0 Å². The number of piperazine rings is 1. The maximum atomic E-state index is 5.58.